The van der Waals surface area contributed by atoms with Crippen molar-refractivity contribution in [3.05, 3.63) is 24.4 Å². The van der Waals surface area contributed by atoms with E-state index < -0.39 is 0 Å². The standard InChI is InChI=1S/C9H13NO2/c1-5-6-9(10-4)7(2)12-8(3)11/h5-7H,1,4H2,2-3H3. The van der Waals surface area contributed by atoms with Gasteiger partial charge in [0.15, 0.2) is 0 Å². The van der Waals surface area contributed by atoms with Gasteiger partial charge in [0, 0.05) is 6.92 Å². The lowest BCUT2D eigenvalue weighted by Gasteiger charge is -2.10. The number of carbonyl (C=O) groups excluding carboxylic acids is 1. The van der Waals surface area contributed by atoms with Crippen LogP contribution in [-0.4, -0.2) is 18.8 Å². The number of carbonyl (C=O) groups is 1. The molecule has 0 aromatic rings. The maximum absolute atomic E-state index is 10.5. The summed E-state index contributed by atoms with van der Waals surface area (Å²) in [6, 6.07) is 0. The molecular weight excluding hydrogens is 154 g/mol. The van der Waals surface area contributed by atoms with Crippen molar-refractivity contribution in [1.82, 2.24) is 0 Å². The molecule has 0 saturated heterocycles. The summed E-state index contributed by atoms with van der Waals surface area (Å²) in [4.78, 5) is 14.2. The van der Waals surface area contributed by atoms with Crippen molar-refractivity contribution in [1.29, 1.82) is 0 Å². The molecule has 0 saturated carbocycles. The van der Waals surface area contributed by atoms with Gasteiger partial charge in [-0.15, -0.1) is 0 Å². The average Bonchev–Trinajstić information content (AvgIpc) is 1.98. The predicted octanol–water partition coefficient (Wildman–Crippen LogP) is 1.71. The highest BCUT2D eigenvalue weighted by Gasteiger charge is 2.08. The van der Waals surface area contributed by atoms with Crippen LogP contribution in [0, 0.1) is 0 Å². The smallest absolute Gasteiger partial charge is 0.303 e. The molecule has 1 atom stereocenters. The first-order chi connectivity index (χ1) is 5.61. The van der Waals surface area contributed by atoms with Crippen LogP contribution in [-0.2, 0) is 9.53 Å². The molecule has 1 unspecified atom stereocenters. The minimum atomic E-state index is -0.363. The number of hydrogen-bond donors (Lipinski definition) is 0. The molecule has 0 spiro atoms. The quantitative estimate of drug-likeness (QED) is 0.363. The third kappa shape index (κ3) is 3.71. The molecule has 0 amide bonds. The summed E-state index contributed by atoms with van der Waals surface area (Å²) >= 11 is 0. The van der Waals surface area contributed by atoms with Crippen LogP contribution in [0.1, 0.15) is 13.8 Å². The summed E-state index contributed by atoms with van der Waals surface area (Å²) in [5.74, 6) is -0.332. The summed E-state index contributed by atoms with van der Waals surface area (Å²) in [6.45, 7) is 9.94. The Hall–Kier alpha value is -1.38. The molecule has 0 fully saturated rings. The molecule has 0 radical (unpaired) electrons. The zero-order chi connectivity index (χ0) is 9.56. The third-order valence-electron chi connectivity index (χ3n) is 1.23. The molecule has 0 rings (SSSR count). The molecule has 0 N–H and O–H groups in total. The molecule has 66 valence electrons. The molecule has 12 heavy (non-hydrogen) atoms. The van der Waals surface area contributed by atoms with Crippen LogP contribution >= 0.6 is 0 Å². The second kappa shape index (κ2) is 5.29. The fourth-order valence-electron chi connectivity index (χ4n) is 0.747. The highest BCUT2D eigenvalue weighted by molar-refractivity contribution is 5.66. The van der Waals surface area contributed by atoms with Gasteiger partial charge in [-0.1, -0.05) is 12.7 Å². The lowest BCUT2D eigenvalue weighted by Crippen LogP contribution is -2.13. The van der Waals surface area contributed by atoms with E-state index in [4.69, 9.17) is 4.74 Å². The first kappa shape index (κ1) is 10.6. The fourth-order valence-corrected chi connectivity index (χ4v) is 0.747. The number of rotatable bonds is 4. The molecule has 3 heteroatoms. The van der Waals surface area contributed by atoms with E-state index in [0.29, 0.717) is 5.70 Å². The predicted molar refractivity (Wildman–Crippen MR) is 49.1 cm³/mol. The maximum Gasteiger partial charge on any atom is 0.303 e. The largest absolute Gasteiger partial charge is 0.456 e. The van der Waals surface area contributed by atoms with E-state index in [9.17, 15) is 4.79 Å². The lowest BCUT2D eigenvalue weighted by atomic mass is 10.3. The van der Waals surface area contributed by atoms with Crippen LogP contribution in [0.15, 0.2) is 29.4 Å². The lowest BCUT2D eigenvalue weighted by molar-refractivity contribution is -0.143. The van der Waals surface area contributed by atoms with Gasteiger partial charge in [-0.2, -0.15) is 0 Å². The van der Waals surface area contributed by atoms with Gasteiger partial charge in [-0.3, -0.25) is 9.79 Å². The first-order valence-corrected chi connectivity index (χ1v) is 3.58. The van der Waals surface area contributed by atoms with E-state index in [1.165, 1.54) is 6.92 Å². The molecule has 0 aliphatic heterocycles. The van der Waals surface area contributed by atoms with Crippen LogP contribution in [0.25, 0.3) is 0 Å². The second-order valence-electron chi connectivity index (χ2n) is 2.24. The normalized spacial score (nSPS) is 13.3. The first-order valence-electron chi connectivity index (χ1n) is 3.58. The van der Waals surface area contributed by atoms with Crippen molar-refractivity contribution in [2.24, 2.45) is 4.99 Å². The Bertz CT molecular complexity index is 219. The molecular formula is C9H13NO2. The van der Waals surface area contributed by atoms with E-state index >= 15 is 0 Å². The van der Waals surface area contributed by atoms with Crippen LogP contribution in [0.2, 0.25) is 0 Å². The zero-order valence-corrected chi connectivity index (χ0v) is 7.41. The van der Waals surface area contributed by atoms with Gasteiger partial charge in [0.2, 0.25) is 0 Å². The SMILES string of the molecule is C=CC=C(N=C)C(C)OC(C)=O. The Morgan fingerprint density at radius 1 is 1.67 bits per heavy atom. The van der Waals surface area contributed by atoms with Crippen molar-refractivity contribution >= 4 is 12.7 Å². The highest BCUT2D eigenvalue weighted by atomic mass is 16.5. The highest BCUT2D eigenvalue weighted by Crippen LogP contribution is 2.07. The van der Waals surface area contributed by atoms with E-state index in [1.807, 2.05) is 0 Å². The number of nitrogens with zero attached hydrogens (tertiary/aromatic N) is 1. The van der Waals surface area contributed by atoms with Gasteiger partial charge in [-0.25, -0.2) is 0 Å². The third-order valence-corrected chi connectivity index (χ3v) is 1.23. The molecule has 0 bridgehead atoms. The minimum absolute atomic E-state index is 0.332. The average molecular weight is 167 g/mol. The van der Waals surface area contributed by atoms with Crippen molar-refractivity contribution < 1.29 is 9.53 Å². The Balaban J connectivity index is 4.31. The maximum atomic E-state index is 10.5. The number of ether oxygens (including phenoxy) is 1. The summed E-state index contributed by atoms with van der Waals surface area (Å²) in [6.07, 6.45) is 2.86. The zero-order valence-electron chi connectivity index (χ0n) is 7.41. The Morgan fingerprint density at radius 3 is 2.58 bits per heavy atom. The number of esters is 1. The molecule has 0 aliphatic carbocycles. The van der Waals surface area contributed by atoms with Crippen LogP contribution in [0.3, 0.4) is 0 Å². The van der Waals surface area contributed by atoms with Crippen molar-refractivity contribution in [2.75, 3.05) is 0 Å². The van der Waals surface area contributed by atoms with Crippen molar-refractivity contribution in [3.8, 4) is 0 Å². The van der Waals surface area contributed by atoms with E-state index in [1.54, 1.807) is 19.1 Å². The van der Waals surface area contributed by atoms with E-state index in [2.05, 4.69) is 18.3 Å². The molecule has 0 aliphatic rings. The molecule has 0 aromatic heterocycles. The molecule has 0 aromatic carbocycles. The van der Waals surface area contributed by atoms with E-state index in [-0.39, 0.29) is 12.1 Å². The minimum Gasteiger partial charge on any atom is -0.456 e. The topological polar surface area (TPSA) is 38.7 Å². The Morgan fingerprint density at radius 2 is 2.25 bits per heavy atom. The molecule has 0 heterocycles. The number of allylic oxidation sites excluding steroid dienone is 2. The van der Waals surface area contributed by atoms with Gasteiger partial charge < -0.3 is 4.74 Å². The summed E-state index contributed by atoms with van der Waals surface area (Å²) in [7, 11) is 0. The fraction of sp³-hybridized carbons (Fsp3) is 0.333. The summed E-state index contributed by atoms with van der Waals surface area (Å²) in [5, 5.41) is 0. The van der Waals surface area contributed by atoms with Gasteiger partial charge in [-0.05, 0) is 19.7 Å². The van der Waals surface area contributed by atoms with Crippen LogP contribution < -0.4 is 0 Å². The van der Waals surface area contributed by atoms with Gasteiger partial charge in [0.1, 0.15) is 6.10 Å². The summed E-state index contributed by atoms with van der Waals surface area (Å²) in [5.41, 5.74) is 0.597. The Kier molecular flexibility index (Phi) is 4.69. The van der Waals surface area contributed by atoms with Crippen molar-refractivity contribution in [3.63, 3.8) is 0 Å². The summed E-state index contributed by atoms with van der Waals surface area (Å²) < 4.78 is 4.87. The van der Waals surface area contributed by atoms with Gasteiger partial charge in [0.25, 0.3) is 0 Å². The van der Waals surface area contributed by atoms with Crippen LogP contribution in [0.4, 0.5) is 0 Å². The van der Waals surface area contributed by atoms with E-state index in [0.717, 1.165) is 0 Å². The second-order valence-corrected chi connectivity index (χ2v) is 2.24. The van der Waals surface area contributed by atoms with Gasteiger partial charge in [0.05, 0.1) is 5.70 Å². The van der Waals surface area contributed by atoms with Crippen LogP contribution in [0.5, 0.6) is 0 Å². The monoisotopic (exact) mass is 167 g/mol. The number of aliphatic imine (C=N–C) groups is 1. The van der Waals surface area contributed by atoms with Crippen molar-refractivity contribution in [2.45, 2.75) is 20.0 Å². The Labute approximate surface area is 72.4 Å². The molecule has 3 nitrogen and oxygen atoms in total. The van der Waals surface area contributed by atoms with Gasteiger partial charge >= 0.3 is 5.97 Å². The number of hydrogen-bond acceptors (Lipinski definition) is 3.